The van der Waals surface area contributed by atoms with E-state index in [-0.39, 0.29) is 0 Å². The number of para-hydroxylation sites is 1. The van der Waals surface area contributed by atoms with E-state index in [9.17, 15) is 0 Å². The van der Waals surface area contributed by atoms with Gasteiger partial charge in [-0.3, -0.25) is 0 Å². The van der Waals surface area contributed by atoms with Crippen molar-refractivity contribution in [1.82, 2.24) is 9.47 Å². The van der Waals surface area contributed by atoms with Crippen LogP contribution < -0.4 is 4.74 Å². The van der Waals surface area contributed by atoms with E-state index in [1.165, 1.54) is 17.3 Å². The summed E-state index contributed by atoms with van der Waals surface area (Å²) < 4.78 is 8.07. The fourth-order valence-corrected chi connectivity index (χ4v) is 3.03. The quantitative estimate of drug-likeness (QED) is 0.557. The highest BCUT2D eigenvalue weighted by atomic mass is 16.5. The monoisotopic (exact) mass is 322 g/mol. The lowest BCUT2D eigenvalue weighted by molar-refractivity contribution is 0.263. The molecule has 3 rings (SSSR count). The van der Waals surface area contributed by atoms with Crippen molar-refractivity contribution in [3.63, 3.8) is 0 Å². The van der Waals surface area contributed by atoms with Crippen molar-refractivity contribution in [2.24, 2.45) is 0 Å². The van der Waals surface area contributed by atoms with Crippen LogP contribution in [0.5, 0.6) is 5.75 Å². The number of hydrogen-bond donors (Lipinski definition) is 0. The standard InChI is InChI=1S/C21H26N2O/c1-3-14-22(2)15-6-17-24-20-11-9-19(10-12-20)23-16-13-18-7-4-5-8-21(18)23/h4-5,7-13,16H,3,6,14-15,17H2,1-2H3. The Kier molecular flexibility index (Phi) is 5.55. The minimum atomic E-state index is 0.764. The Morgan fingerprint density at radius 3 is 2.54 bits per heavy atom. The SMILES string of the molecule is CCCN(C)CCCOc1ccc(-n2ccc3ccccc32)cc1. The second-order valence-electron chi connectivity index (χ2n) is 6.24. The van der Waals surface area contributed by atoms with Crippen molar-refractivity contribution in [1.29, 1.82) is 0 Å². The van der Waals surface area contributed by atoms with Crippen LogP contribution in [-0.2, 0) is 0 Å². The average molecular weight is 322 g/mol. The lowest BCUT2D eigenvalue weighted by atomic mass is 10.2. The van der Waals surface area contributed by atoms with Gasteiger partial charge in [-0.05, 0) is 68.2 Å². The Bertz CT molecular complexity index is 761. The first-order valence-corrected chi connectivity index (χ1v) is 8.76. The van der Waals surface area contributed by atoms with Gasteiger partial charge in [0.2, 0.25) is 0 Å². The number of nitrogens with zero attached hydrogens (tertiary/aromatic N) is 2. The maximum absolute atomic E-state index is 5.86. The highest BCUT2D eigenvalue weighted by Crippen LogP contribution is 2.22. The molecule has 3 heteroatoms. The van der Waals surface area contributed by atoms with Gasteiger partial charge < -0.3 is 14.2 Å². The van der Waals surface area contributed by atoms with Gasteiger partial charge in [0.25, 0.3) is 0 Å². The summed E-state index contributed by atoms with van der Waals surface area (Å²) in [5.74, 6) is 0.938. The molecule has 3 aromatic rings. The van der Waals surface area contributed by atoms with E-state index in [0.717, 1.165) is 37.6 Å². The third kappa shape index (κ3) is 3.98. The summed E-state index contributed by atoms with van der Waals surface area (Å²) >= 11 is 0. The number of rotatable bonds is 8. The molecule has 1 heterocycles. The smallest absolute Gasteiger partial charge is 0.119 e. The fraction of sp³-hybridized carbons (Fsp3) is 0.333. The molecule has 0 radical (unpaired) electrons. The molecule has 0 saturated heterocycles. The van der Waals surface area contributed by atoms with Crippen LogP contribution in [0.1, 0.15) is 19.8 Å². The molecule has 0 saturated carbocycles. The van der Waals surface area contributed by atoms with Crippen molar-refractivity contribution < 1.29 is 4.74 Å². The summed E-state index contributed by atoms with van der Waals surface area (Å²) in [6.45, 7) is 5.21. The van der Waals surface area contributed by atoms with Gasteiger partial charge in [-0.1, -0.05) is 25.1 Å². The second-order valence-corrected chi connectivity index (χ2v) is 6.24. The van der Waals surface area contributed by atoms with Crippen molar-refractivity contribution >= 4 is 10.9 Å². The predicted molar refractivity (Wildman–Crippen MR) is 101 cm³/mol. The zero-order valence-electron chi connectivity index (χ0n) is 14.6. The normalized spacial score (nSPS) is 11.3. The van der Waals surface area contributed by atoms with Crippen LogP contribution in [0.15, 0.2) is 60.8 Å². The van der Waals surface area contributed by atoms with Crippen LogP contribution in [-0.4, -0.2) is 36.2 Å². The third-order valence-corrected chi connectivity index (χ3v) is 4.27. The molecule has 0 bridgehead atoms. The van der Waals surface area contributed by atoms with Crippen LogP contribution >= 0.6 is 0 Å². The number of ether oxygens (including phenoxy) is 1. The average Bonchev–Trinajstić information content (AvgIpc) is 3.04. The summed E-state index contributed by atoms with van der Waals surface area (Å²) in [7, 11) is 2.17. The zero-order chi connectivity index (χ0) is 16.8. The first-order chi connectivity index (χ1) is 11.8. The lowest BCUT2D eigenvalue weighted by Gasteiger charge is -2.15. The number of fused-ring (bicyclic) bond motifs is 1. The highest BCUT2D eigenvalue weighted by Gasteiger charge is 2.03. The number of aromatic nitrogens is 1. The Hall–Kier alpha value is -2.26. The first-order valence-electron chi connectivity index (χ1n) is 8.76. The van der Waals surface area contributed by atoms with E-state index in [0.29, 0.717) is 0 Å². The molecule has 0 aliphatic rings. The molecule has 2 aromatic carbocycles. The van der Waals surface area contributed by atoms with Crippen LogP contribution in [0.2, 0.25) is 0 Å². The molecule has 1 aromatic heterocycles. The molecular weight excluding hydrogens is 296 g/mol. The van der Waals surface area contributed by atoms with E-state index < -0.39 is 0 Å². The molecule has 0 unspecified atom stereocenters. The van der Waals surface area contributed by atoms with Gasteiger partial charge in [0.15, 0.2) is 0 Å². The molecule has 3 nitrogen and oxygen atoms in total. The van der Waals surface area contributed by atoms with E-state index in [1.807, 2.05) is 0 Å². The molecule has 0 aliphatic carbocycles. The van der Waals surface area contributed by atoms with Gasteiger partial charge in [0, 0.05) is 18.4 Å². The molecule has 0 fully saturated rings. The zero-order valence-corrected chi connectivity index (χ0v) is 14.6. The van der Waals surface area contributed by atoms with E-state index in [4.69, 9.17) is 4.74 Å². The van der Waals surface area contributed by atoms with Crippen LogP contribution in [0.4, 0.5) is 0 Å². The van der Waals surface area contributed by atoms with Crippen molar-refractivity contribution in [2.75, 3.05) is 26.7 Å². The first kappa shape index (κ1) is 16.6. The Morgan fingerprint density at radius 1 is 0.958 bits per heavy atom. The van der Waals surface area contributed by atoms with E-state index in [2.05, 4.69) is 84.2 Å². The van der Waals surface area contributed by atoms with Crippen molar-refractivity contribution in [2.45, 2.75) is 19.8 Å². The maximum atomic E-state index is 5.86. The topological polar surface area (TPSA) is 17.4 Å². The van der Waals surface area contributed by atoms with Gasteiger partial charge in [-0.25, -0.2) is 0 Å². The van der Waals surface area contributed by atoms with Crippen LogP contribution in [0, 0.1) is 0 Å². The predicted octanol–water partition coefficient (Wildman–Crippen LogP) is 4.74. The van der Waals surface area contributed by atoms with E-state index in [1.54, 1.807) is 0 Å². The highest BCUT2D eigenvalue weighted by molar-refractivity contribution is 5.81. The third-order valence-electron chi connectivity index (χ3n) is 4.27. The molecule has 24 heavy (non-hydrogen) atoms. The lowest BCUT2D eigenvalue weighted by Crippen LogP contribution is -2.21. The fourth-order valence-electron chi connectivity index (χ4n) is 3.03. The molecule has 0 aliphatic heterocycles. The van der Waals surface area contributed by atoms with E-state index >= 15 is 0 Å². The Balaban J connectivity index is 1.58. The van der Waals surface area contributed by atoms with Gasteiger partial charge in [-0.2, -0.15) is 0 Å². The van der Waals surface area contributed by atoms with Gasteiger partial charge in [0.05, 0.1) is 12.1 Å². The Morgan fingerprint density at radius 2 is 1.75 bits per heavy atom. The molecule has 0 atom stereocenters. The summed E-state index contributed by atoms with van der Waals surface area (Å²) in [6.07, 6.45) is 4.37. The number of hydrogen-bond acceptors (Lipinski definition) is 2. The minimum absolute atomic E-state index is 0.764. The maximum Gasteiger partial charge on any atom is 0.119 e. The summed E-state index contributed by atoms with van der Waals surface area (Å²) in [4.78, 5) is 2.35. The largest absolute Gasteiger partial charge is 0.494 e. The Labute approximate surface area is 144 Å². The molecule has 0 N–H and O–H groups in total. The molecule has 126 valence electrons. The van der Waals surface area contributed by atoms with Crippen LogP contribution in [0.25, 0.3) is 16.6 Å². The minimum Gasteiger partial charge on any atom is -0.494 e. The van der Waals surface area contributed by atoms with Crippen LogP contribution in [0.3, 0.4) is 0 Å². The van der Waals surface area contributed by atoms with Gasteiger partial charge in [0.1, 0.15) is 5.75 Å². The summed E-state index contributed by atoms with van der Waals surface area (Å²) in [5, 5.41) is 1.26. The van der Waals surface area contributed by atoms with Gasteiger partial charge >= 0.3 is 0 Å². The molecule has 0 spiro atoms. The molecule has 0 amide bonds. The summed E-state index contributed by atoms with van der Waals surface area (Å²) in [6, 6.07) is 18.9. The molecular formula is C21H26N2O. The number of benzene rings is 2. The van der Waals surface area contributed by atoms with Gasteiger partial charge in [-0.15, -0.1) is 0 Å². The van der Waals surface area contributed by atoms with Crippen molar-refractivity contribution in [3.8, 4) is 11.4 Å². The van der Waals surface area contributed by atoms with Crippen molar-refractivity contribution in [3.05, 3.63) is 60.8 Å². The second kappa shape index (κ2) is 8.02. The summed E-state index contributed by atoms with van der Waals surface area (Å²) in [5.41, 5.74) is 2.39.